The molecule has 2 atom stereocenters. The van der Waals surface area contributed by atoms with Gasteiger partial charge >= 0.3 is 0 Å². The van der Waals surface area contributed by atoms with Crippen LogP contribution in [0.3, 0.4) is 0 Å². The number of rotatable bonds is 8. The van der Waals surface area contributed by atoms with Gasteiger partial charge in [0.25, 0.3) is 5.69 Å². The number of piperazine rings is 1. The van der Waals surface area contributed by atoms with E-state index in [2.05, 4.69) is 4.90 Å². The number of nitro groups is 1. The third-order valence-corrected chi connectivity index (χ3v) is 8.81. The van der Waals surface area contributed by atoms with Gasteiger partial charge in [-0.3, -0.25) is 15.0 Å². The van der Waals surface area contributed by atoms with E-state index in [0.717, 1.165) is 11.1 Å². The Bertz CT molecular complexity index is 1370. The van der Waals surface area contributed by atoms with Crippen LogP contribution in [0.25, 0.3) is 0 Å². The Hall–Kier alpha value is -3.18. The second-order valence-electron chi connectivity index (χ2n) is 8.85. The first-order chi connectivity index (χ1) is 17.6. The standard InChI is InChI=1S/C26H28ClN3O6S/c1-18-15-28(16-20-6-11-23(35-2)14-26(20)36-3)25(19-4-7-21(27)8-5-19)17-29(18)37(33,34)24-12-9-22(10-13-24)30(31)32/h4-14,18,25H,15-17H2,1-3H3/t18-,25-/m1/s1. The average Bonchev–Trinajstić information content (AvgIpc) is 2.89. The maximum absolute atomic E-state index is 13.6. The molecule has 1 aliphatic heterocycles. The Morgan fingerprint density at radius 2 is 1.68 bits per heavy atom. The molecule has 0 bridgehead atoms. The summed E-state index contributed by atoms with van der Waals surface area (Å²) in [4.78, 5) is 12.7. The number of hydrogen-bond acceptors (Lipinski definition) is 7. The van der Waals surface area contributed by atoms with Crippen LogP contribution in [0, 0.1) is 10.1 Å². The van der Waals surface area contributed by atoms with E-state index in [4.69, 9.17) is 21.1 Å². The van der Waals surface area contributed by atoms with Gasteiger partial charge in [0.2, 0.25) is 10.0 Å². The van der Waals surface area contributed by atoms with Crippen LogP contribution in [-0.4, -0.2) is 55.9 Å². The van der Waals surface area contributed by atoms with Gasteiger partial charge in [-0.05, 0) is 42.8 Å². The predicted molar refractivity (Wildman–Crippen MR) is 141 cm³/mol. The first-order valence-corrected chi connectivity index (χ1v) is 13.4. The van der Waals surface area contributed by atoms with Gasteiger partial charge in [-0.1, -0.05) is 29.8 Å². The van der Waals surface area contributed by atoms with E-state index in [0.29, 0.717) is 29.6 Å². The number of halogens is 1. The van der Waals surface area contributed by atoms with E-state index < -0.39 is 14.9 Å². The van der Waals surface area contributed by atoms with Gasteiger partial charge in [0.15, 0.2) is 0 Å². The molecule has 0 N–H and O–H groups in total. The lowest BCUT2D eigenvalue weighted by Gasteiger charge is -2.45. The Labute approximate surface area is 221 Å². The molecule has 0 saturated carbocycles. The number of nitro benzene ring substituents is 1. The summed E-state index contributed by atoms with van der Waals surface area (Å²) in [7, 11) is -0.706. The molecular formula is C26H28ClN3O6S. The Kier molecular flexibility index (Phi) is 8.03. The first-order valence-electron chi connectivity index (χ1n) is 11.6. The van der Waals surface area contributed by atoms with Gasteiger partial charge in [0.05, 0.1) is 24.0 Å². The Morgan fingerprint density at radius 3 is 2.27 bits per heavy atom. The van der Waals surface area contributed by atoms with Gasteiger partial charge in [-0.25, -0.2) is 8.42 Å². The molecule has 1 saturated heterocycles. The molecule has 11 heteroatoms. The van der Waals surface area contributed by atoms with Crippen molar-refractivity contribution in [2.24, 2.45) is 0 Å². The highest BCUT2D eigenvalue weighted by molar-refractivity contribution is 7.89. The molecule has 0 spiro atoms. The zero-order chi connectivity index (χ0) is 26.7. The molecule has 0 amide bonds. The van der Waals surface area contributed by atoms with E-state index in [9.17, 15) is 18.5 Å². The monoisotopic (exact) mass is 545 g/mol. The SMILES string of the molecule is COc1ccc(CN2C[C@@H](C)N(S(=O)(=O)c3ccc([N+](=O)[O-])cc3)C[C@@H]2c2ccc(Cl)cc2)c(OC)c1. The molecule has 0 aromatic heterocycles. The fourth-order valence-corrected chi connectivity index (χ4v) is 6.37. The summed E-state index contributed by atoms with van der Waals surface area (Å²) in [5, 5.41) is 11.6. The van der Waals surface area contributed by atoms with Gasteiger partial charge in [0, 0.05) is 60.5 Å². The lowest BCUT2D eigenvalue weighted by atomic mass is 10.00. The van der Waals surface area contributed by atoms with Crippen molar-refractivity contribution in [2.75, 3.05) is 27.3 Å². The number of sulfonamides is 1. The lowest BCUT2D eigenvalue weighted by Crippen LogP contribution is -2.54. The van der Waals surface area contributed by atoms with Crippen LogP contribution in [0.1, 0.15) is 24.1 Å². The van der Waals surface area contributed by atoms with Gasteiger partial charge in [-0.2, -0.15) is 4.31 Å². The summed E-state index contributed by atoms with van der Waals surface area (Å²) in [6.07, 6.45) is 0. The topological polar surface area (TPSA) is 102 Å². The molecule has 1 aliphatic rings. The minimum absolute atomic E-state index is 0.0186. The van der Waals surface area contributed by atoms with Crippen molar-refractivity contribution in [3.05, 3.63) is 93.0 Å². The Morgan fingerprint density at radius 1 is 1.00 bits per heavy atom. The van der Waals surface area contributed by atoms with Crippen molar-refractivity contribution in [2.45, 2.75) is 30.4 Å². The molecule has 37 heavy (non-hydrogen) atoms. The molecule has 9 nitrogen and oxygen atoms in total. The molecule has 196 valence electrons. The molecule has 3 aromatic carbocycles. The summed E-state index contributed by atoms with van der Waals surface area (Å²) in [6.45, 7) is 3.03. The minimum Gasteiger partial charge on any atom is -0.497 e. The molecule has 0 unspecified atom stereocenters. The molecule has 4 rings (SSSR count). The van der Waals surface area contributed by atoms with E-state index in [1.165, 1.54) is 28.6 Å². The van der Waals surface area contributed by atoms with Crippen molar-refractivity contribution in [1.82, 2.24) is 9.21 Å². The molecule has 3 aromatic rings. The van der Waals surface area contributed by atoms with Crippen LogP contribution in [-0.2, 0) is 16.6 Å². The van der Waals surface area contributed by atoms with Crippen molar-refractivity contribution in [3.63, 3.8) is 0 Å². The number of methoxy groups -OCH3 is 2. The van der Waals surface area contributed by atoms with Crippen LogP contribution < -0.4 is 9.47 Å². The van der Waals surface area contributed by atoms with E-state index >= 15 is 0 Å². The summed E-state index contributed by atoms with van der Waals surface area (Å²) in [6, 6.07) is 17.4. The highest BCUT2D eigenvalue weighted by atomic mass is 35.5. The van der Waals surface area contributed by atoms with Gasteiger partial charge < -0.3 is 9.47 Å². The molecule has 0 radical (unpaired) electrons. The highest BCUT2D eigenvalue weighted by Crippen LogP contribution is 2.35. The van der Waals surface area contributed by atoms with Crippen LogP contribution >= 0.6 is 11.6 Å². The van der Waals surface area contributed by atoms with E-state index in [-0.39, 0.29) is 29.2 Å². The fraction of sp³-hybridized carbons (Fsp3) is 0.308. The summed E-state index contributed by atoms with van der Waals surface area (Å²) < 4.78 is 39.6. The number of ether oxygens (including phenoxy) is 2. The molecule has 1 heterocycles. The third kappa shape index (κ3) is 5.72. The van der Waals surface area contributed by atoms with Gasteiger partial charge in [0.1, 0.15) is 11.5 Å². The Balaban J connectivity index is 1.68. The van der Waals surface area contributed by atoms with Crippen molar-refractivity contribution in [1.29, 1.82) is 0 Å². The predicted octanol–water partition coefficient (Wildman–Crippen LogP) is 4.90. The second-order valence-corrected chi connectivity index (χ2v) is 11.2. The highest BCUT2D eigenvalue weighted by Gasteiger charge is 2.39. The normalized spacial score (nSPS) is 18.9. The zero-order valence-electron chi connectivity index (χ0n) is 20.7. The van der Waals surface area contributed by atoms with Crippen LogP contribution in [0.15, 0.2) is 71.6 Å². The van der Waals surface area contributed by atoms with E-state index in [1.54, 1.807) is 26.4 Å². The van der Waals surface area contributed by atoms with Crippen molar-refractivity contribution in [3.8, 4) is 11.5 Å². The van der Waals surface area contributed by atoms with Crippen molar-refractivity contribution >= 4 is 27.3 Å². The van der Waals surface area contributed by atoms with E-state index in [1.807, 2.05) is 37.3 Å². The van der Waals surface area contributed by atoms with Gasteiger partial charge in [-0.15, -0.1) is 0 Å². The largest absolute Gasteiger partial charge is 0.497 e. The third-order valence-electron chi connectivity index (χ3n) is 6.56. The van der Waals surface area contributed by atoms with Crippen LogP contribution in [0.5, 0.6) is 11.5 Å². The summed E-state index contributed by atoms with van der Waals surface area (Å²) in [5.41, 5.74) is 1.71. The maximum atomic E-state index is 13.6. The lowest BCUT2D eigenvalue weighted by molar-refractivity contribution is -0.384. The smallest absolute Gasteiger partial charge is 0.269 e. The summed E-state index contributed by atoms with van der Waals surface area (Å²) in [5.74, 6) is 1.37. The number of non-ortho nitro benzene ring substituents is 1. The second kappa shape index (κ2) is 11.1. The fourth-order valence-electron chi connectivity index (χ4n) is 4.61. The minimum atomic E-state index is -3.90. The quantitative estimate of drug-likeness (QED) is 0.293. The average molecular weight is 546 g/mol. The number of hydrogen-bond donors (Lipinski definition) is 0. The maximum Gasteiger partial charge on any atom is 0.269 e. The number of benzene rings is 3. The van der Waals surface area contributed by atoms with Crippen LogP contribution in [0.4, 0.5) is 5.69 Å². The zero-order valence-corrected chi connectivity index (χ0v) is 22.3. The van der Waals surface area contributed by atoms with Crippen LogP contribution in [0.2, 0.25) is 5.02 Å². The number of nitrogens with zero attached hydrogens (tertiary/aromatic N) is 3. The molecule has 1 fully saturated rings. The molecular weight excluding hydrogens is 518 g/mol. The summed E-state index contributed by atoms with van der Waals surface area (Å²) >= 11 is 6.13. The first kappa shape index (κ1) is 26.9. The van der Waals surface area contributed by atoms with Crippen molar-refractivity contribution < 1.29 is 22.8 Å². The molecule has 0 aliphatic carbocycles.